The van der Waals surface area contributed by atoms with Crippen LogP contribution in [0.5, 0.6) is 5.75 Å². The highest BCUT2D eigenvalue weighted by atomic mass is 16.5. The van der Waals surface area contributed by atoms with Crippen LogP contribution in [-0.4, -0.2) is 39.1 Å². The van der Waals surface area contributed by atoms with Gasteiger partial charge < -0.3 is 15.8 Å². The van der Waals surface area contributed by atoms with Crippen molar-refractivity contribution in [3.63, 3.8) is 0 Å². The average Bonchev–Trinajstić information content (AvgIpc) is 3.09. The molecule has 0 bridgehead atoms. The summed E-state index contributed by atoms with van der Waals surface area (Å²) < 4.78 is 5.08. The van der Waals surface area contributed by atoms with Crippen molar-refractivity contribution in [1.82, 2.24) is 20.2 Å². The summed E-state index contributed by atoms with van der Waals surface area (Å²) in [4.78, 5) is 24.5. The Balaban J connectivity index is 1.83. The predicted molar refractivity (Wildman–Crippen MR) is 93.4 cm³/mol. The summed E-state index contributed by atoms with van der Waals surface area (Å²) in [5.41, 5.74) is 6.69. The minimum absolute atomic E-state index is 0.173. The highest BCUT2D eigenvalue weighted by Crippen LogP contribution is 2.25. The molecule has 132 valence electrons. The van der Waals surface area contributed by atoms with Gasteiger partial charge in [-0.25, -0.2) is 0 Å². The van der Waals surface area contributed by atoms with E-state index in [4.69, 9.17) is 10.5 Å². The molecular weight excluding hydrogens is 336 g/mol. The summed E-state index contributed by atoms with van der Waals surface area (Å²) in [6.07, 6.45) is 0. The van der Waals surface area contributed by atoms with Gasteiger partial charge in [0.05, 0.1) is 12.8 Å². The van der Waals surface area contributed by atoms with Gasteiger partial charge in [-0.15, -0.1) is 10.2 Å². The predicted octanol–water partition coefficient (Wildman–Crippen LogP) is 1.09. The van der Waals surface area contributed by atoms with Crippen LogP contribution in [0.25, 0.3) is 11.4 Å². The summed E-state index contributed by atoms with van der Waals surface area (Å²) in [6, 6.07) is 13.8. The van der Waals surface area contributed by atoms with Crippen LogP contribution in [0.4, 0.5) is 5.69 Å². The number of hydrogen-bond donors (Lipinski definition) is 2. The second-order valence-corrected chi connectivity index (χ2v) is 5.34. The molecule has 0 saturated carbocycles. The third-order valence-corrected chi connectivity index (χ3v) is 3.52. The monoisotopic (exact) mass is 352 g/mol. The second-order valence-electron chi connectivity index (χ2n) is 5.34. The van der Waals surface area contributed by atoms with E-state index in [2.05, 4.69) is 20.7 Å². The molecule has 0 aliphatic rings. The molecule has 3 aromatic rings. The number of nitrogens with one attached hydrogen (secondary N) is 1. The molecule has 0 saturated heterocycles. The largest absolute Gasteiger partial charge is 0.497 e. The number of anilines is 1. The van der Waals surface area contributed by atoms with Crippen LogP contribution in [0.2, 0.25) is 0 Å². The third-order valence-electron chi connectivity index (χ3n) is 3.52. The molecular formula is C17H16N6O3. The number of tetrazole rings is 1. The van der Waals surface area contributed by atoms with Crippen LogP contribution >= 0.6 is 0 Å². The zero-order chi connectivity index (χ0) is 18.5. The maximum Gasteiger partial charge on any atom is 0.255 e. The number of methoxy groups -OCH3 is 1. The normalized spacial score (nSPS) is 10.3. The summed E-state index contributed by atoms with van der Waals surface area (Å²) in [7, 11) is 1.56. The van der Waals surface area contributed by atoms with Crippen molar-refractivity contribution in [2.75, 3.05) is 12.4 Å². The van der Waals surface area contributed by atoms with Gasteiger partial charge in [0.25, 0.3) is 5.91 Å². The Kier molecular flexibility index (Phi) is 4.88. The van der Waals surface area contributed by atoms with E-state index in [-0.39, 0.29) is 18.3 Å². The number of ether oxygens (including phenoxy) is 1. The summed E-state index contributed by atoms with van der Waals surface area (Å²) >= 11 is 0. The standard InChI is InChI=1S/C17H16N6O3/c1-26-12-8-6-11(7-9-12)17(25)19-14-5-3-2-4-13(14)16-20-22-23(21-16)10-15(18)24/h2-9H,10H2,1H3,(H2,18,24)(H,19,25). The van der Waals surface area contributed by atoms with Gasteiger partial charge in [-0.05, 0) is 41.6 Å². The molecule has 0 aliphatic heterocycles. The average molecular weight is 352 g/mol. The Labute approximate surface area is 148 Å². The zero-order valence-electron chi connectivity index (χ0n) is 13.9. The Bertz CT molecular complexity index is 936. The highest BCUT2D eigenvalue weighted by molar-refractivity contribution is 6.06. The Hall–Kier alpha value is -3.75. The molecule has 0 aliphatic carbocycles. The topological polar surface area (TPSA) is 125 Å². The van der Waals surface area contributed by atoms with Gasteiger partial charge >= 0.3 is 0 Å². The van der Waals surface area contributed by atoms with Crippen LogP contribution in [0.1, 0.15) is 10.4 Å². The number of amides is 2. The van der Waals surface area contributed by atoms with Crippen LogP contribution in [0, 0.1) is 0 Å². The van der Waals surface area contributed by atoms with Gasteiger partial charge in [0.2, 0.25) is 11.7 Å². The molecule has 0 unspecified atom stereocenters. The number of carbonyl (C=O) groups excluding carboxylic acids is 2. The molecule has 3 N–H and O–H groups in total. The molecule has 0 radical (unpaired) electrons. The van der Waals surface area contributed by atoms with Gasteiger partial charge in [-0.2, -0.15) is 4.80 Å². The minimum Gasteiger partial charge on any atom is -0.497 e. The van der Waals surface area contributed by atoms with E-state index in [1.54, 1.807) is 55.6 Å². The number of para-hydroxylation sites is 1. The molecule has 26 heavy (non-hydrogen) atoms. The Morgan fingerprint density at radius 3 is 2.58 bits per heavy atom. The van der Waals surface area contributed by atoms with Crippen molar-refractivity contribution in [2.45, 2.75) is 6.54 Å². The van der Waals surface area contributed by atoms with Gasteiger partial charge in [-0.1, -0.05) is 12.1 Å². The Morgan fingerprint density at radius 2 is 1.88 bits per heavy atom. The van der Waals surface area contributed by atoms with Crippen molar-refractivity contribution < 1.29 is 14.3 Å². The van der Waals surface area contributed by atoms with Crippen molar-refractivity contribution in [2.24, 2.45) is 5.73 Å². The number of nitrogens with zero attached hydrogens (tertiary/aromatic N) is 4. The van der Waals surface area contributed by atoms with Crippen LogP contribution < -0.4 is 15.8 Å². The zero-order valence-corrected chi connectivity index (χ0v) is 13.9. The molecule has 2 aromatic carbocycles. The van der Waals surface area contributed by atoms with Crippen LogP contribution in [0.15, 0.2) is 48.5 Å². The summed E-state index contributed by atoms with van der Waals surface area (Å²) in [5, 5.41) is 14.6. The fourth-order valence-electron chi connectivity index (χ4n) is 2.28. The third kappa shape index (κ3) is 3.83. The van der Waals surface area contributed by atoms with Crippen molar-refractivity contribution in [3.8, 4) is 17.1 Å². The van der Waals surface area contributed by atoms with E-state index in [9.17, 15) is 9.59 Å². The van der Waals surface area contributed by atoms with E-state index in [0.29, 0.717) is 22.6 Å². The first-order chi connectivity index (χ1) is 12.6. The molecule has 0 atom stereocenters. The van der Waals surface area contributed by atoms with Gasteiger partial charge in [0, 0.05) is 11.1 Å². The quantitative estimate of drug-likeness (QED) is 0.684. The second kappa shape index (κ2) is 7.43. The van der Waals surface area contributed by atoms with E-state index in [1.807, 2.05) is 0 Å². The lowest BCUT2D eigenvalue weighted by Gasteiger charge is -2.09. The number of nitrogens with two attached hydrogens (primary N) is 1. The maximum atomic E-state index is 12.5. The Morgan fingerprint density at radius 1 is 1.15 bits per heavy atom. The first kappa shape index (κ1) is 17.1. The molecule has 1 aromatic heterocycles. The maximum absolute atomic E-state index is 12.5. The molecule has 3 rings (SSSR count). The first-order valence-corrected chi connectivity index (χ1v) is 7.68. The van der Waals surface area contributed by atoms with Crippen molar-refractivity contribution >= 4 is 17.5 Å². The fraction of sp³-hybridized carbons (Fsp3) is 0.118. The molecule has 0 fully saturated rings. The van der Waals surface area contributed by atoms with Gasteiger partial charge in [-0.3, -0.25) is 9.59 Å². The van der Waals surface area contributed by atoms with Crippen LogP contribution in [0.3, 0.4) is 0 Å². The van der Waals surface area contributed by atoms with Crippen LogP contribution in [-0.2, 0) is 11.3 Å². The number of rotatable bonds is 6. The van der Waals surface area contributed by atoms with Crippen molar-refractivity contribution in [3.05, 3.63) is 54.1 Å². The lowest BCUT2D eigenvalue weighted by molar-refractivity contribution is -0.118. The molecule has 0 spiro atoms. The molecule has 9 heteroatoms. The summed E-state index contributed by atoms with van der Waals surface area (Å²) in [6.45, 7) is -0.173. The molecule has 1 heterocycles. The lowest BCUT2D eigenvalue weighted by Crippen LogP contribution is -2.20. The first-order valence-electron chi connectivity index (χ1n) is 7.68. The molecule has 2 amide bonds. The van der Waals surface area contributed by atoms with Crippen molar-refractivity contribution in [1.29, 1.82) is 0 Å². The summed E-state index contributed by atoms with van der Waals surface area (Å²) in [5.74, 6) is 0.0776. The number of hydrogen-bond acceptors (Lipinski definition) is 6. The number of carbonyl (C=O) groups is 2. The lowest BCUT2D eigenvalue weighted by atomic mass is 10.1. The van der Waals surface area contributed by atoms with Gasteiger partial charge in [0.15, 0.2) is 0 Å². The molecule has 9 nitrogen and oxygen atoms in total. The minimum atomic E-state index is -0.574. The SMILES string of the molecule is COc1ccc(C(=O)Nc2ccccc2-c2nnn(CC(N)=O)n2)cc1. The fourth-order valence-corrected chi connectivity index (χ4v) is 2.28. The smallest absolute Gasteiger partial charge is 0.255 e. The highest BCUT2D eigenvalue weighted by Gasteiger charge is 2.14. The van der Waals surface area contributed by atoms with E-state index in [1.165, 1.54) is 0 Å². The van der Waals surface area contributed by atoms with E-state index in [0.717, 1.165) is 4.80 Å². The number of benzene rings is 2. The number of aromatic nitrogens is 4. The van der Waals surface area contributed by atoms with E-state index >= 15 is 0 Å². The number of primary amides is 1. The van der Waals surface area contributed by atoms with Gasteiger partial charge in [0.1, 0.15) is 12.3 Å². The van der Waals surface area contributed by atoms with E-state index < -0.39 is 5.91 Å².